The number of hydrogen-bond acceptors (Lipinski definition) is 1. The van der Waals surface area contributed by atoms with E-state index in [-0.39, 0.29) is 11.4 Å². The molecule has 2 nitrogen and oxygen atoms in total. The van der Waals surface area contributed by atoms with Gasteiger partial charge in [0.15, 0.2) is 0 Å². The van der Waals surface area contributed by atoms with E-state index >= 15 is 0 Å². The van der Waals surface area contributed by atoms with Crippen molar-refractivity contribution in [1.82, 2.24) is 5.32 Å². The number of amides is 1. The van der Waals surface area contributed by atoms with Gasteiger partial charge in [0, 0.05) is 5.54 Å². The highest BCUT2D eigenvalue weighted by Gasteiger charge is 2.15. The minimum atomic E-state index is -0.341. The average Bonchev–Trinajstić information content (AvgIpc) is 1.87. The van der Waals surface area contributed by atoms with Crippen molar-refractivity contribution >= 4 is 5.91 Å². The fourth-order valence-electron chi connectivity index (χ4n) is 0.432. The van der Waals surface area contributed by atoms with E-state index in [1.165, 1.54) is 0 Å². The van der Waals surface area contributed by atoms with Crippen LogP contribution >= 0.6 is 0 Å². The lowest BCUT2D eigenvalue weighted by molar-refractivity contribution is -0.117. The highest BCUT2D eigenvalue weighted by Crippen LogP contribution is 2.05. The minimum absolute atomic E-state index is 0.177. The van der Waals surface area contributed by atoms with Crippen LogP contribution in [0.2, 0.25) is 0 Å². The Hall–Kier alpha value is -0.970. The molecule has 0 aliphatic heterocycles. The van der Waals surface area contributed by atoms with Crippen molar-refractivity contribution in [2.45, 2.75) is 32.7 Å². The first kappa shape index (κ1) is 9.03. The second-order valence-electron chi connectivity index (χ2n) is 2.84. The van der Waals surface area contributed by atoms with Crippen molar-refractivity contribution in [3.63, 3.8) is 0 Å². The third-order valence-corrected chi connectivity index (χ3v) is 1.47. The highest BCUT2D eigenvalue weighted by molar-refractivity contribution is 5.93. The summed E-state index contributed by atoms with van der Waals surface area (Å²) in [5.74, 6) is 1.66. The lowest BCUT2D eigenvalue weighted by Crippen LogP contribution is -2.42. The summed E-state index contributed by atoms with van der Waals surface area (Å²) in [5, 5.41) is 2.68. The molecule has 0 heterocycles. The summed E-state index contributed by atoms with van der Waals surface area (Å²) < 4.78 is 0. The number of nitrogens with one attached hydrogen (secondary N) is 1. The number of carbonyl (C=O) groups excluding carboxylic acids is 1. The summed E-state index contributed by atoms with van der Waals surface area (Å²) >= 11 is 0. The highest BCUT2D eigenvalue weighted by atomic mass is 16.1. The Balaban J connectivity index is 3.91. The van der Waals surface area contributed by atoms with Gasteiger partial charge in [-0.15, -0.1) is 6.42 Å². The predicted molar refractivity (Wildman–Crippen MR) is 41.3 cm³/mol. The fourth-order valence-corrected chi connectivity index (χ4v) is 0.432. The maximum atomic E-state index is 10.6. The SMILES string of the molecule is C#CC(=O)NC(C)(C)CC. The molecule has 0 aromatic carbocycles. The molecule has 56 valence electrons. The molecule has 0 atom stereocenters. The van der Waals surface area contributed by atoms with Gasteiger partial charge in [0.1, 0.15) is 0 Å². The van der Waals surface area contributed by atoms with Gasteiger partial charge in [-0.1, -0.05) is 6.92 Å². The van der Waals surface area contributed by atoms with Crippen molar-refractivity contribution in [2.75, 3.05) is 0 Å². The van der Waals surface area contributed by atoms with Crippen LogP contribution in [0.3, 0.4) is 0 Å². The van der Waals surface area contributed by atoms with Gasteiger partial charge in [-0.3, -0.25) is 4.79 Å². The predicted octanol–water partition coefficient (Wildman–Crippen LogP) is 0.924. The van der Waals surface area contributed by atoms with Crippen LogP contribution in [0.4, 0.5) is 0 Å². The number of carbonyl (C=O) groups is 1. The van der Waals surface area contributed by atoms with E-state index < -0.39 is 0 Å². The average molecular weight is 139 g/mol. The van der Waals surface area contributed by atoms with Gasteiger partial charge < -0.3 is 5.32 Å². The van der Waals surface area contributed by atoms with E-state index in [9.17, 15) is 4.79 Å². The third-order valence-electron chi connectivity index (χ3n) is 1.47. The Morgan fingerprint density at radius 3 is 2.50 bits per heavy atom. The van der Waals surface area contributed by atoms with E-state index in [2.05, 4.69) is 5.32 Å². The molecule has 10 heavy (non-hydrogen) atoms. The zero-order chi connectivity index (χ0) is 8.20. The molecule has 0 aromatic rings. The van der Waals surface area contributed by atoms with Crippen LogP contribution < -0.4 is 5.32 Å². The monoisotopic (exact) mass is 139 g/mol. The van der Waals surface area contributed by atoms with Crippen molar-refractivity contribution in [1.29, 1.82) is 0 Å². The standard InChI is InChI=1S/C8H13NO/c1-5-7(10)9-8(3,4)6-2/h1H,6H2,2-4H3,(H,9,10). The quantitative estimate of drug-likeness (QED) is 0.566. The molecular weight excluding hydrogens is 126 g/mol. The van der Waals surface area contributed by atoms with Crippen LogP contribution in [0, 0.1) is 12.3 Å². The largest absolute Gasteiger partial charge is 0.340 e. The molecule has 0 aromatic heterocycles. The molecule has 1 N–H and O–H groups in total. The Morgan fingerprint density at radius 1 is 1.70 bits per heavy atom. The molecule has 0 aliphatic rings. The van der Waals surface area contributed by atoms with Crippen LogP contribution in [-0.2, 0) is 4.79 Å². The number of terminal acetylenes is 1. The molecule has 0 spiro atoms. The second kappa shape index (κ2) is 3.26. The van der Waals surface area contributed by atoms with Crippen LogP contribution in [0.5, 0.6) is 0 Å². The van der Waals surface area contributed by atoms with E-state index in [0.717, 1.165) is 6.42 Å². The lowest BCUT2D eigenvalue weighted by atomic mass is 10.0. The first-order valence-electron chi connectivity index (χ1n) is 3.30. The van der Waals surface area contributed by atoms with E-state index in [1.54, 1.807) is 0 Å². The molecule has 0 unspecified atom stereocenters. The van der Waals surface area contributed by atoms with Crippen LogP contribution in [0.1, 0.15) is 27.2 Å². The van der Waals surface area contributed by atoms with Gasteiger partial charge in [0.25, 0.3) is 5.91 Å². The van der Waals surface area contributed by atoms with Crippen LogP contribution in [0.15, 0.2) is 0 Å². The van der Waals surface area contributed by atoms with Crippen LogP contribution in [0.25, 0.3) is 0 Å². The summed E-state index contributed by atoms with van der Waals surface area (Å²) in [7, 11) is 0. The Labute approximate surface area is 62.0 Å². The zero-order valence-electron chi connectivity index (χ0n) is 6.69. The van der Waals surface area contributed by atoms with E-state index in [1.807, 2.05) is 26.7 Å². The molecule has 0 aliphatic carbocycles. The number of hydrogen-bond donors (Lipinski definition) is 1. The third kappa shape index (κ3) is 3.13. The fraction of sp³-hybridized carbons (Fsp3) is 0.625. The lowest BCUT2D eigenvalue weighted by Gasteiger charge is -2.22. The molecule has 1 amide bonds. The summed E-state index contributed by atoms with van der Waals surface area (Å²) in [6, 6.07) is 0. The van der Waals surface area contributed by atoms with E-state index in [0.29, 0.717) is 0 Å². The Bertz CT molecular complexity index is 165. The van der Waals surface area contributed by atoms with Gasteiger partial charge in [-0.05, 0) is 26.2 Å². The molecular formula is C8H13NO. The maximum Gasteiger partial charge on any atom is 0.296 e. The van der Waals surface area contributed by atoms with Gasteiger partial charge in [-0.25, -0.2) is 0 Å². The molecule has 0 radical (unpaired) electrons. The van der Waals surface area contributed by atoms with Crippen molar-refractivity contribution in [3.8, 4) is 12.3 Å². The van der Waals surface area contributed by atoms with Gasteiger partial charge in [0.05, 0.1) is 0 Å². The molecule has 0 fully saturated rings. The van der Waals surface area contributed by atoms with Gasteiger partial charge >= 0.3 is 0 Å². The molecule has 0 rings (SSSR count). The smallest absolute Gasteiger partial charge is 0.296 e. The first-order valence-corrected chi connectivity index (χ1v) is 3.30. The van der Waals surface area contributed by atoms with Gasteiger partial charge in [0.2, 0.25) is 0 Å². The molecule has 0 saturated heterocycles. The summed E-state index contributed by atoms with van der Waals surface area (Å²) in [4.78, 5) is 10.6. The topological polar surface area (TPSA) is 29.1 Å². The van der Waals surface area contributed by atoms with Crippen molar-refractivity contribution < 1.29 is 4.79 Å². The summed E-state index contributed by atoms with van der Waals surface area (Å²) in [5.41, 5.74) is -0.177. The normalized spacial score (nSPS) is 10.2. The first-order chi connectivity index (χ1) is 4.52. The summed E-state index contributed by atoms with van der Waals surface area (Å²) in [6.07, 6.45) is 5.75. The molecule has 2 heteroatoms. The zero-order valence-corrected chi connectivity index (χ0v) is 6.69. The van der Waals surface area contributed by atoms with Crippen molar-refractivity contribution in [2.24, 2.45) is 0 Å². The van der Waals surface area contributed by atoms with Gasteiger partial charge in [-0.2, -0.15) is 0 Å². The summed E-state index contributed by atoms with van der Waals surface area (Å²) in [6.45, 7) is 5.86. The molecule has 0 saturated carbocycles. The van der Waals surface area contributed by atoms with E-state index in [4.69, 9.17) is 6.42 Å². The number of rotatable bonds is 2. The maximum absolute atomic E-state index is 10.6. The Kier molecular flexibility index (Phi) is 2.95. The molecule has 0 bridgehead atoms. The Morgan fingerprint density at radius 2 is 2.20 bits per heavy atom. The van der Waals surface area contributed by atoms with Crippen LogP contribution in [-0.4, -0.2) is 11.4 Å². The second-order valence-corrected chi connectivity index (χ2v) is 2.84. The van der Waals surface area contributed by atoms with Crippen molar-refractivity contribution in [3.05, 3.63) is 0 Å². The minimum Gasteiger partial charge on any atom is -0.340 e.